The first-order chi connectivity index (χ1) is 4.70. The maximum atomic E-state index is 2.46. The average Bonchev–Trinajstić information content (AvgIpc) is 2.42. The van der Waals surface area contributed by atoms with Crippen molar-refractivity contribution in [3.8, 4) is 0 Å². The van der Waals surface area contributed by atoms with Crippen molar-refractivity contribution in [1.29, 1.82) is 0 Å². The van der Waals surface area contributed by atoms with Gasteiger partial charge in [-0.1, -0.05) is 18.6 Å². The first kappa shape index (κ1) is 6.41. The zero-order valence-corrected chi connectivity index (χ0v) is 6.96. The summed E-state index contributed by atoms with van der Waals surface area (Å²) in [6, 6.07) is 1.67. The molecule has 4 atom stereocenters. The largest absolute Gasteiger partial charge is 0.293 e. The molecule has 0 bridgehead atoms. The van der Waals surface area contributed by atoms with Gasteiger partial charge in [-0.2, -0.15) is 0 Å². The van der Waals surface area contributed by atoms with E-state index in [0.29, 0.717) is 0 Å². The zero-order chi connectivity index (χ0) is 7.30. The Bertz CT molecular complexity index is 183. The number of hydrogen-bond donors (Lipinski definition) is 0. The molecule has 0 aromatic heterocycles. The molecule has 2 aliphatic rings. The number of likely N-dealkylation sites (N-methyl/N-ethyl adjacent to an activating group) is 1. The molecule has 56 valence electrons. The summed E-state index contributed by atoms with van der Waals surface area (Å²) in [6.45, 7) is 4.61. The van der Waals surface area contributed by atoms with Crippen molar-refractivity contribution >= 4 is 0 Å². The maximum absolute atomic E-state index is 2.46. The quantitative estimate of drug-likeness (QED) is 0.362. The Morgan fingerprint density at radius 2 is 2.30 bits per heavy atom. The molecule has 1 saturated heterocycles. The smallest absolute Gasteiger partial charge is 0.0440 e. The SMILES string of the molecule is CC1=C[C@H]2[C@@H]([C@@H](C)C1)N2C. The summed E-state index contributed by atoms with van der Waals surface area (Å²) in [6.07, 6.45) is 3.73. The van der Waals surface area contributed by atoms with Crippen LogP contribution in [0.4, 0.5) is 0 Å². The molecule has 0 amide bonds. The van der Waals surface area contributed by atoms with E-state index in [0.717, 1.165) is 18.0 Å². The highest BCUT2D eigenvalue weighted by atomic mass is 15.3. The lowest BCUT2D eigenvalue weighted by molar-refractivity contribution is 0.474. The van der Waals surface area contributed by atoms with E-state index in [2.05, 4.69) is 31.9 Å². The zero-order valence-electron chi connectivity index (χ0n) is 6.96. The highest BCUT2D eigenvalue weighted by molar-refractivity contribution is 5.23. The van der Waals surface area contributed by atoms with Crippen molar-refractivity contribution in [1.82, 2.24) is 4.90 Å². The number of hydrogen-bond acceptors (Lipinski definition) is 1. The van der Waals surface area contributed by atoms with Crippen LogP contribution in [0.5, 0.6) is 0 Å². The van der Waals surface area contributed by atoms with Crippen LogP contribution in [0.1, 0.15) is 20.3 Å². The van der Waals surface area contributed by atoms with Crippen molar-refractivity contribution in [2.24, 2.45) is 5.92 Å². The molecule has 0 radical (unpaired) electrons. The fourth-order valence-electron chi connectivity index (χ4n) is 2.33. The van der Waals surface area contributed by atoms with E-state index >= 15 is 0 Å². The third-order valence-corrected chi connectivity index (χ3v) is 2.88. The minimum absolute atomic E-state index is 0.795. The Labute approximate surface area is 62.7 Å². The molecule has 1 fully saturated rings. The van der Waals surface area contributed by atoms with Crippen LogP contribution in [0, 0.1) is 5.92 Å². The van der Waals surface area contributed by atoms with Gasteiger partial charge in [-0.25, -0.2) is 0 Å². The normalized spacial score (nSPS) is 51.7. The van der Waals surface area contributed by atoms with Crippen LogP contribution < -0.4 is 0 Å². The summed E-state index contributed by atoms with van der Waals surface area (Å²) < 4.78 is 0. The molecule has 2 rings (SSSR count). The van der Waals surface area contributed by atoms with E-state index in [1.54, 1.807) is 5.57 Å². The monoisotopic (exact) mass is 137 g/mol. The van der Waals surface area contributed by atoms with Crippen molar-refractivity contribution in [2.45, 2.75) is 32.4 Å². The van der Waals surface area contributed by atoms with Crippen LogP contribution in [0.2, 0.25) is 0 Å². The Hall–Kier alpha value is -0.300. The summed E-state index contributed by atoms with van der Waals surface area (Å²) in [4.78, 5) is 2.46. The standard InChI is InChI=1S/C9H15N/c1-6-4-7(2)9-8(5-6)10(9)3/h5,7-9H,4H2,1-3H3/t7-,8-,9+,10?/m0/s1. The fourth-order valence-corrected chi connectivity index (χ4v) is 2.33. The third-order valence-electron chi connectivity index (χ3n) is 2.88. The number of fused-ring (bicyclic) bond motifs is 1. The van der Waals surface area contributed by atoms with Gasteiger partial charge in [0, 0.05) is 12.1 Å². The van der Waals surface area contributed by atoms with Gasteiger partial charge < -0.3 is 0 Å². The molecule has 1 heteroatoms. The summed E-state index contributed by atoms with van der Waals surface area (Å²) in [5.41, 5.74) is 1.58. The minimum Gasteiger partial charge on any atom is -0.293 e. The summed E-state index contributed by atoms with van der Waals surface area (Å²) in [5.74, 6) is 0.889. The molecule has 1 unspecified atom stereocenters. The van der Waals surface area contributed by atoms with Crippen LogP contribution in [0.15, 0.2) is 11.6 Å². The van der Waals surface area contributed by atoms with Gasteiger partial charge in [-0.3, -0.25) is 4.90 Å². The molecule has 1 nitrogen and oxygen atoms in total. The van der Waals surface area contributed by atoms with Gasteiger partial charge in [0.05, 0.1) is 0 Å². The predicted octanol–water partition coefficient (Wildman–Crippen LogP) is 1.66. The molecule has 1 heterocycles. The van der Waals surface area contributed by atoms with Crippen LogP contribution in [-0.4, -0.2) is 24.0 Å². The van der Waals surface area contributed by atoms with Gasteiger partial charge in [-0.05, 0) is 26.3 Å². The van der Waals surface area contributed by atoms with Crippen molar-refractivity contribution < 1.29 is 0 Å². The van der Waals surface area contributed by atoms with Gasteiger partial charge in [0.1, 0.15) is 0 Å². The van der Waals surface area contributed by atoms with E-state index in [1.807, 2.05) is 0 Å². The maximum Gasteiger partial charge on any atom is 0.0440 e. The van der Waals surface area contributed by atoms with E-state index in [1.165, 1.54) is 6.42 Å². The lowest BCUT2D eigenvalue weighted by atomic mass is 9.91. The van der Waals surface area contributed by atoms with Gasteiger partial charge in [0.2, 0.25) is 0 Å². The third kappa shape index (κ3) is 0.734. The van der Waals surface area contributed by atoms with E-state index in [-0.39, 0.29) is 0 Å². The molecular formula is C9H15N. The molecule has 10 heavy (non-hydrogen) atoms. The Balaban J connectivity index is 2.18. The van der Waals surface area contributed by atoms with Crippen molar-refractivity contribution in [2.75, 3.05) is 7.05 Å². The van der Waals surface area contributed by atoms with E-state index in [9.17, 15) is 0 Å². The first-order valence-electron chi connectivity index (χ1n) is 4.09. The summed E-state index contributed by atoms with van der Waals surface area (Å²) in [7, 11) is 2.22. The van der Waals surface area contributed by atoms with Gasteiger partial charge in [-0.15, -0.1) is 0 Å². The minimum atomic E-state index is 0.795. The lowest BCUT2D eigenvalue weighted by Crippen LogP contribution is -2.11. The van der Waals surface area contributed by atoms with Crippen LogP contribution in [0.25, 0.3) is 0 Å². The molecule has 0 aromatic carbocycles. The molecule has 0 saturated carbocycles. The van der Waals surface area contributed by atoms with Crippen LogP contribution in [0.3, 0.4) is 0 Å². The van der Waals surface area contributed by atoms with Crippen molar-refractivity contribution in [3.05, 3.63) is 11.6 Å². The van der Waals surface area contributed by atoms with Gasteiger partial charge in [0.15, 0.2) is 0 Å². The second-order valence-corrected chi connectivity index (χ2v) is 3.84. The second kappa shape index (κ2) is 1.85. The predicted molar refractivity (Wildman–Crippen MR) is 42.9 cm³/mol. The number of allylic oxidation sites excluding steroid dienone is 1. The van der Waals surface area contributed by atoms with E-state index in [4.69, 9.17) is 0 Å². The number of rotatable bonds is 0. The Morgan fingerprint density at radius 3 is 2.90 bits per heavy atom. The summed E-state index contributed by atoms with van der Waals surface area (Å²) in [5, 5.41) is 0. The first-order valence-corrected chi connectivity index (χ1v) is 4.09. The molecular weight excluding hydrogens is 122 g/mol. The average molecular weight is 137 g/mol. The van der Waals surface area contributed by atoms with E-state index < -0.39 is 0 Å². The number of nitrogens with zero attached hydrogens (tertiary/aromatic N) is 1. The topological polar surface area (TPSA) is 3.01 Å². The second-order valence-electron chi connectivity index (χ2n) is 3.84. The lowest BCUT2D eigenvalue weighted by Gasteiger charge is -2.13. The fraction of sp³-hybridized carbons (Fsp3) is 0.778. The van der Waals surface area contributed by atoms with Gasteiger partial charge in [0.25, 0.3) is 0 Å². The van der Waals surface area contributed by atoms with Crippen LogP contribution in [-0.2, 0) is 0 Å². The Morgan fingerprint density at radius 1 is 1.60 bits per heavy atom. The van der Waals surface area contributed by atoms with Gasteiger partial charge >= 0.3 is 0 Å². The Kier molecular flexibility index (Phi) is 1.19. The highest BCUT2D eigenvalue weighted by Crippen LogP contribution is 2.40. The molecule has 0 N–H and O–H groups in total. The molecule has 0 aromatic rings. The molecule has 0 spiro atoms. The summed E-state index contributed by atoms with van der Waals surface area (Å²) >= 11 is 0. The highest BCUT2D eigenvalue weighted by Gasteiger charge is 2.47. The molecule has 1 aliphatic heterocycles. The van der Waals surface area contributed by atoms with Crippen LogP contribution >= 0.6 is 0 Å². The molecule has 1 aliphatic carbocycles. The van der Waals surface area contributed by atoms with Crippen molar-refractivity contribution in [3.63, 3.8) is 0 Å².